The van der Waals surface area contributed by atoms with Crippen molar-refractivity contribution < 1.29 is 4.79 Å². The smallest absolute Gasteiger partial charge is 0.254 e. The second-order valence-corrected chi connectivity index (χ2v) is 8.75. The predicted molar refractivity (Wildman–Crippen MR) is 135 cm³/mol. The Balaban J connectivity index is 1.46. The highest BCUT2D eigenvalue weighted by Gasteiger charge is 2.27. The third-order valence-electron chi connectivity index (χ3n) is 6.50. The van der Waals surface area contributed by atoms with Crippen molar-refractivity contribution in [3.05, 3.63) is 119 Å². The van der Waals surface area contributed by atoms with E-state index >= 15 is 0 Å². The molecule has 5 rings (SSSR count). The summed E-state index contributed by atoms with van der Waals surface area (Å²) in [5, 5.41) is 5.06. The van der Waals surface area contributed by atoms with Gasteiger partial charge in [0, 0.05) is 43.7 Å². The van der Waals surface area contributed by atoms with Crippen molar-refractivity contribution in [3.8, 4) is 5.69 Å². The Morgan fingerprint density at radius 3 is 2.24 bits per heavy atom. The molecule has 0 atom stereocenters. The number of rotatable bonds is 7. The third-order valence-corrected chi connectivity index (χ3v) is 6.50. The minimum absolute atomic E-state index is 0.0445. The summed E-state index contributed by atoms with van der Waals surface area (Å²) in [6, 6.07) is 30.4. The Morgan fingerprint density at radius 1 is 0.912 bits per heavy atom. The fourth-order valence-corrected chi connectivity index (χ4v) is 4.70. The van der Waals surface area contributed by atoms with Gasteiger partial charge in [0.1, 0.15) is 0 Å². The zero-order valence-corrected chi connectivity index (χ0v) is 19.6. The van der Waals surface area contributed by atoms with Crippen molar-refractivity contribution in [2.45, 2.75) is 33.0 Å². The van der Waals surface area contributed by atoms with Crippen LogP contribution in [0.2, 0.25) is 0 Å². The molecule has 172 valence electrons. The van der Waals surface area contributed by atoms with Crippen molar-refractivity contribution in [2.75, 3.05) is 13.1 Å². The summed E-state index contributed by atoms with van der Waals surface area (Å²) in [7, 11) is 0. The van der Waals surface area contributed by atoms with E-state index in [9.17, 15) is 4.79 Å². The van der Waals surface area contributed by atoms with E-state index in [0.29, 0.717) is 18.7 Å². The minimum Gasteiger partial charge on any atom is -0.333 e. The normalized spacial score (nSPS) is 13.4. The molecule has 0 aliphatic carbocycles. The molecule has 3 aromatic carbocycles. The number of fused-ring (bicyclic) bond motifs is 1. The van der Waals surface area contributed by atoms with Crippen LogP contribution in [0.25, 0.3) is 5.69 Å². The number of carbonyl (C=O) groups excluding carboxylic acids is 1. The summed E-state index contributed by atoms with van der Waals surface area (Å²) in [6.45, 7) is 5.91. The molecule has 1 aliphatic heterocycles. The van der Waals surface area contributed by atoms with Gasteiger partial charge in [-0.3, -0.25) is 9.69 Å². The van der Waals surface area contributed by atoms with Gasteiger partial charge in [0.2, 0.25) is 0 Å². The van der Waals surface area contributed by atoms with E-state index in [1.165, 1.54) is 16.8 Å². The van der Waals surface area contributed by atoms with E-state index in [0.717, 1.165) is 37.4 Å². The van der Waals surface area contributed by atoms with Crippen LogP contribution in [0.15, 0.2) is 91.0 Å². The van der Waals surface area contributed by atoms with Crippen molar-refractivity contribution in [2.24, 2.45) is 0 Å². The standard InChI is InChI=1S/C29H30N4O/c1-2-32(29(34)24-14-8-4-9-15-24)22-27-26-21-31(20-23-12-6-3-7-13-23)19-18-28(26)33(30-27)25-16-10-5-11-17-25/h3-17H,2,18-22H2,1H3. The molecule has 1 amide bonds. The summed E-state index contributed by atoms with van der Waals surface area (Å²) in [6.07, 6.45) is 0.933. The van der Waals surface area contributed by atoms with Gasteiger partial charge in [0.05, 0.1) is 23.6 Å². The second-order valence-electron chi connectivity index (χ2n) is 8.75. The molecule has 5 heteroatoms. The zero-order valence-electron chi connectivity index (χ0n) is 19.6. The van der Waals surface area contributed by atoms with Crippen LogP contribution in [0, 0.1) is 0 Å². The minimum atomic E-state index is 0.0445. The molecular formula is C29H30N4O. The number of benzene rings is 3. The van der Waals surface area contributed by atoms with Gasteiger partial charge in [0.15, 0.2) is 0 Å². The van der Waals surface area contributed by atoms with Crippen molar-refractivity contribution in [1.29, 1.82) is 0 Å². The topological polar surface area (TPSA) is 41.4 Å². The van der Waals surface area contributed by atoms with Gasteiger partial charge < -0.3 is 4.90 Å². The molecule has 0 N–H and O–H groups in total. The fraction of sp³-hybridized carbons (Fsp3) is 0.241. The Bertz CT molecular complexity index is 1240. The van der Waals surface area contributed by atoms with Crippen LogP contribution in [0.1, 0.15) is 39.8 Å². The van der Waals surface area contributed by atoms with Gasteiger partial charge in [-0.15, -0.1) is 0 Å². The molecule has 0 fully saturated rings. The first-order valence-electron chi connectivity index (χ1n) is 12.0. The number of nitrogens with zero attached hydrogens (tertiary/aromatic N) is 4. The van der Waals surface area contributed by atoms with E-state index in [4.69, 9.17) is 5.10 Å². The monoisotopic (exact) mass is 450 g/mol. The van der Waals surface area contributed by atoms with E-state index in [1.54, 1.807) is 0 Å². The molecule has 4 aromatic rings. The lowest BCUT2D eigenvalue weighted by molar-refractivity contribution is 0.0749. The molecule has 0 saturated heterocycles. The highest BCUT2D eigenvalue weighted by molar-refractivity contribution is 5.94. The van der Waals surface area contributed by atoms with E-state index in [-0.39, 0.29) is 5.91 Å². The quantitative estimate of drug-likeness (QED) is 0.394. The largest absolute Gasteiger partial charge is 0.333 e. The summed E-state index contributed by atoms with van der Waals surface area (Å²) in [5.41, 5.74) is 6.60. The highest BCUT2D eigenvalue weighted by Crippen LogP contribution is 2.27. The summed E-state index contributed by atoms with van der Waals surface area (Å²) in [4.78, 5) is 17.6. The summed E-state index contributed by atoms with van der Waals surface area (Å²) >= 11 is 0. The molecule has 5 nitrogen and oxygen atoms in total. The van der Waals surface area contributed by atoms with Gasteiger partial charge in [-0.1, -0.05) is 66.7 Å². The lowest BCUT2D eigenvalue weighted by atomic mass is 10.0. The number of hydrogen-bond donors (Lipinski definition) is 0. The zero-order chi connectivity index (χ0) is 23.3. The van der Waals surface area contributed by atoms with Crippen LogP contribution >= 0.6 is 0 Å². The molecular weight excluding hydrogens is 420 g/mol. The van der Waals surface area contributed by atoms with E-state index < -0.39 is 0 Å². The molecule has 2 heterocycles. The average Bonchev–Trinajstić information content (AvgIpc) is 3.26. The number of amides is 1. The lowest BCUT2D eigenvalue weighted by Gasteiger charge is -2.28. The second kappa shape index (κ2) is 10.1. The average molecular weight is 451 g/mol. The Morgan fingerprint density at radius 2 is 1.56 bits per heavy atom. The van der Waals surface area contributed by atoms with Gasteiger partial charge in [0.25, 0.3) is 5.91 Å². The van der Waals surface area contributed by atoms with Crippen LogP contribution in [0.5, 0.6) is 0 Å². The lowest BCUT2D eigenvalue weighted by Crippen LogP contribution is -2.33. The Kier molecular flexibility index (Phi) is 6.54. The van der Waals surface area contributed by atoms with Gasteiger partial charge in [-0.25, -0.2) is 4.68 Å². The Hall–Kier alpha value is -3.70. The predicted octanol–water partition coefficient (Wildman–Crippen LogP) is 5.09. The molecule has 1 aromatic heterocycles. The molecule has 0 radical (unpaired) electrons. The molecule has 0 saturated carbocycles. The highest BCUT2D eigenvalue weighted by atomic mass is 16.2. The van der Waals surface area contributed by atoms with Crippen molar-refractivity contribution in [3.63, 3.8) is 0 Å². The summed E-state index contributed by atoms with van der Waals surface area (Å²) in [5.74, 6) is 0.0445. The summed E-state index contributed by atoms with van der Waals surface area (Å²) < 4.78 is 2.09. The van der Waals surface area contributed by atoms with Crippen LogP contribution in [0.4, 0.5) is 0 Å². The SMILES string of the molecule is CCN(Cc1nn(-c2ccccc2)c2c1CN(Cc1ccccc1)CC2)C(=O)c1ccccc1. The van der Waals surface area contributed by atoms with Gasteiger partial charge >= 0.3 is 0 Å². The van der Waals surface area contributed by atoms with Gasteiger partial charge in [-0.05, 0) is 36.8 Å². The maximum Gasteiger partial charge on any atom is 0.254 e. The van der Waals surface area contributed by atoms with Gasteiger partial charge in [-0.2, -0.15) is 5.10 Å². The molecule has 34 heavy (non-hydrogen) atoms. The van der Waals surface area contributed by atoms with Crippen LogP contribution in [0.3, 0.4) is 0 Å². The van der Waals surface area contributed by atoms with Crippen molar-refractivity contribution >= 4 is 5.91 Å². The third kappa shape index (κ3) is 4.66. The van der Waals surface area contributed by atoms with Crippen molar-refractivity contribution in [1.82, 2.24) is 19.6 Å². The first-order valence-corrected chi connectivity index (χ1v) is 12.0. The number of carbonyl (C=O) groups is 1. The van der Waals surface area contributed by atoms with Crippen LogP contribution in [-0.2, 0) is 26.1 Å². The van der Waals surface area contributed by atoms with E-state index in [1.807, 2.05) is 60.4 Å². The molecule has 0 unspecified atom stereocenters. The van der Waals surface area contributed by atoms with E-state index in [2.05, 4.69) is 52.0 Å². The molecule has 1 aliphatic rings. The number of aromatic nitrogens is 2. The maximum atomic E-state index is 13.2. The first-order chi connectivity index (χ1) is 16.7. The number of para-hydroxylation sites is 1. The van der Waals surface area contributed by atoms with Crippen LogP contribution < -0.4 is 0 Å². The first kappa shape index (κ1) is 22.1. The number of hydrogen-bond acceptors (Lipinski definition) is 3. The molecule has 0 spiro atoms. The Labute approximate surface area is 201 Å². The van der Waals surface area contributed by atoms with Crippen LogP contribution in [-0.4, -0.2) is 38.6 Å². The molecule has 0 bridgehead atoms. The fourth-order valence-electron chi connectivity index (χ4n) is 4.70. The maximum absolute atomic E-state index is 13.2.